The van der Waals surface area contributed by atoms with Crippen molar-refractivity contribution >= 4 is 5.91 Å². The Kier molecular flexibility index (Phi) is 4.36. The average Bonchev–Trinajstić information content (AvgIpc) is 3.05. The van der Waals surface area contributed by atoms with Crippen LogP contribution in [0.3, 0.4) is 0 Å². The molecule has 0 saturated heterocycles. The summed E-state index contributed by atoms with van der Waals surface area (Å²) >= 11 is 0. The molecule has 1 aliphatic rings. The second kappa shape index (κ2) is 6.00. The van der Waals surface area contributed by atoms with Crippen LogP contribution in [0, 0.1) is 0 Å². The smallest absolute Gasteiger partial charge is 0.236 e. The van der Waals surface area contributed by atoms with E-state index in [4.69, 9.17) is 0 Å². The second-order valence-corrected chi connectivity index (χ2v) is 4.92. The Hall–Kier alpha value is -1.36. The zero-order valence-corrected chi connectivity index (χ0v) is 11.2. The molecule has 1 unspecified atom stereocenters. The highest BCUT2D eigenvalue weighted by molar-refractivity contribution is 5.78. The molecular weight excluding hydrogens is 228 g/mol. The lowest BCUT2D eigenvalue weighted by Gasteiger charge is -2.22. The molecule has 2 rings (SSSR count). The number of nitrogens with one attached hydrogen (secondary N) is 1. The number of nitrogens with zero attached hydrogens (tertiary/aromatic N) is 3. The monoisotopic (exact) mass is 250 g/mol. The first-order chi connectivity index (χ1) is 8.70. The van der Waals surface area contributed by atoms with E-state index < -0.39 is 0 Å². The predicted molar refractivity (Wildman–Crippen MR) is 70.1 cm³/mol. The summed E-state index contributed by atoms with van der Waals surface area (Å²) in [6.07, 6.45) is 6.04. The van der Waals surface area contributed by atoms with Gasteiger partial charge in [0.15, 0.2) is 0 Å². The van der Waals surface area contributed by atoms with Gasteiger partial charge in [-0.2, -0.15) is 5.10 Å². The number of carbonyl (C=O) groups excluding carboxylic acids is 1. The highest BCUT2D eigenvalue weighted by atomic mass is 16.2. The maximum Gasteiger partial charge on any atom is 0.236 e. The lowest BCUT2D eigenvalue weighted by atomic mass is 10.3. The van der Waals surface area contributed by atoms with Gasteiger partial charge in [0.2, 0.25) is 5.91 Å². The molecule has 1 atom stereocenters. The maximum atomic E-state index is 12.0. The van der Waals surface area contributed by atoms with Crippen LogP contribution in [0.2, 0.25) is 0 Å². The van der Waals surface area contributed by atoms with Crippen molar-refractivity contribution in [2.45, 2.75) is 45.3 Å². The first-order valence-electron chi connectivity index (χ1n) is 6.71. The Morgan fingerprint density at radius 2 is 2.39 bits per heavy atom. The molecule has 1 heterocycles. The Balaban J connectivity index is 1.71. The summed E-state index contributed by atoms with van der Waals surface area (Å²) in [5.41, 5.74) is 0. The van der Waals surface area contributed by atoms with Gasteiger partial charge in [0.25, 0.3) is 0 Å². The second-order valence-electron chi connectivity index (χ2n) is 4.92. The molecule has 100 valence electrons. The zero-order chi connectivity index (χ0) is 13.0. The van der Waals surface area contributed by atoms with Crippen molar-refractivity contribution in [1.82, 2.24) is 20.0 Å². The van der Waals surface area contributed by atoms with Crippen LogP contribution >= 0.6 is 0 Å². The number of aromatic nitrogens is 2. The number of hydrogen-bond acceptors (Lipinski definition) is 3. The SMILES string of the molecule is CCN(C(=O)CNC(C)Cn1cccn1)C1CC1. The van der Waals surface area contributed by atoms with E-state index in [1.165, 1.54) is 12.8 Å². The van der Waals surface area contributed by atoms with Crippen LogP contribution in [0.15, 0.2) is 18.5 Å². The molecule has 5 nitrogen and oxygen atoms in total. The summed E-state index contributed by atoms with van der Waals surface area (Å²) in [6.45, 7) is 6.15. The summed E-state index contributed by atoms with van der Waals surface area (Å²) in [4.78, 5) is 14.0. The quantitative estimate of drug-likeness (QED) is 0.781. The van der Waals surface area contributed by atoms with Gasteiger partial charge in [0.1, 0.15) is 0 Å². The van der Waals surface area contributed by atoms with E-state index in [-0.39, 0.29) is 11.9 Å². The fourth-order valence-electron chi connectivity index (χ4n) is 2.14. The van der Waals surface area contributed by atoms with Crippen LogP contribution in [-0.2, 0) is 11.3 Å². The molecule has 18 heavy (non-hydrogen) atoms. The highest BCUT2D eigenvalue weighted by Gasteiger charge is 2.30. The molecule has 0 radical (unpaired) electrons. The number of hydrogen-bond donors (Lipinski definition) is 1. The van der Waals surface area contributed by atoms with Crippen LogP contribution in [-0.4, -0.2) is 45.8 Å². The topological polar surface area (TPSA) is 50.2 Å². The Labute approximate surface area is 108 Å². The summed E-state index contributed by atoms with van der Waals surface area (Å²) in [6, 6.07) is 2.65. The molecule has 0 bridgehead atoms. The summed E-state index contributed by atoms with van der Waals surface area (Å²) in [5, 5.41) is 7.42. The van der Waals surface area contributed by atoms with E-state index in [1.807, 2.05) is 28.8 Å². The molecule has 1 aromatic rings. The van der Waals surface area contributed by atoms with Crippen molar-refractivity contribution in [3.8, 4) is 0 Å². The average molecular weight is 250 g/mol. The van der Waals surface area contributed by atoms with Crippen LogP contribution < -0.4 is 5.32 Å². The molecule has 1 amide bonds. The van der Waals surface area contributed by atoms with Gasteiger partial charge in [-0.05, 0) is 32.8 Å². The largest absolute Gasteiger partial charge is 0.339 e. The van der Waals surface area contributed by atoms with Crippen molar-refractivity contribution in [2.75, 3.05) is 13.1 Å². The van der Waals surface area contributed by atoms with E-state index in [2.05, 4.69) is 17.3 Å². The maximum absolute atomic E-state index is 12.0. The highest BCUT2D eigenvalue weighted by Crippen LogP contribution is 2.26. The van der Waals surface area contributed by atoms with Gasteiger partial charge in [-0.15, -0.1) is 0 Å². The van der Waals surface area contributed by atoms with Gasteiger partial charge in [0, 0.05) is 31.0 Å². The summed E-state index contributed by atoms with van der Waals surface area (Å²) in [7, 11) is 0. The fraction of sp³-hybridized carbons (Fsp3) is 0.692. The van der Waals surface area contributed by atoms with Gasteiger partial charge in [-0.3, -0.25) is 9.48 Å². The van der Waals surface area contributed by atoms with Gasteiger partial charge in [-0.1, -0.05) is 0 Å². The molecule has 0 aliphatic heterocycles. The Morgan fingerprint density at radius 3 is 2.94 bits per heavy atom. The van der Waals surface area contributed by atoms with Gasteiger partial charge < -0.3 is 10.2 Å². The van der Waals surface area contributed by atoms with E-state index >= 15 is 0 Å². The van der Waals surface area contributed by atoms with E-state index in [0.717, 1.165) is 13.1 Å². The van der Waals surface area contributed by atoms with Crippen LogP contribution in [0.1, 0.15) is 26.7 Å². The number of rotatable bonds is 7. The van der Waals surface area contributed by atoms with E-state index in [1.54, 1.807) is 6.20 Å². The van der Waals surface area contributed by atoms with E-state index in [0.29, 0.717) is 12.6 Å². The molecule has 0 aromatic carbocycles. The molecule has 1 aromatic heterocycles. The zero-order valence-electron chi connectivity index (χ0n) is 11.2. The van der Waals surface area contributed by atoms with Crippen molar-refractivity contribution in [1.29, 1.82) is 0 Å². The lowest BCUT2D eigenvalue weighted by Crippen LogP contribution is -2.43. The molecule has 1 aliphatic carbocycles. The Bertz CT molecular complexity index is 372. The minimum Gasteiger partial charge on any atom is -0.339 e. The molecule has 1 N–H and O–H groups in total. The fourth-order valence-corrected chi connectivity index (χ4v) is 2.14. The molecule has 1 saturated carbocycles. The van der Waals surface area contributed by atoms with Crippen molar-refractivity contribution in [2.24, 2.45) is 0 Å². The first-order valence-corrected chi connectivity index (χ1v) is 6.71. The predicted octanol–water partition coefficient (Wildman–Crippen LogP) is 0.872. The third-order valence-electron chi connectivity index (χ3n) is 3.27. The van der Waals surface area contributed by atoms with Crippen molar-refractivity contribution in [3.63, 3.8) is 0 Å². The molecule has 0 spiro atoms. The lowest BCUT2D eigenvalue weighted by molar-refractivity contribution is -0.130. The normalized spacial score (nSPS) is 16.6. The van der Waals surface area contributed by atoms with Gasteiger partial charge in [-0.25, -0.2) is 0 Å². The van der Waals surface area contributed by atoms with Crippen molar-refractivity contribution < 1.29 is 4.79 Å². The van der Waals surface area contributed by atoms with Crippen LogP contribution in [0.25, 0.3) is 0 Å². The third-order valence-corrected chi connectivity index (χ3v) is 3.27. The van der Waals surface area contributed by atoms with Crippen LogP contribution in [0.5, 0.6) is 0 Å². The number of amides is 1. The van der Waals surface area contributed by atoms with Gasteiger partial charge in [0.05, 0.1) is 13.1 Å². The first kappa shape index (κ1) is 13.1. The minimum absolute atomic E-state index is 0.215. The number of carbonyl (C=O) groups is 1. The Morgan fingerprint density at radius 1 is 1.61 bits per heavy atom. The molecule has 5 heteroatoms. The third kappa shape index (κ3) is 3.57. The summed E-state index contributed by atoms with van der Waals surface area (Å²) in [5.74, 6) is 0.215. The van der Waals surface area contributed by atoms with Crippen LogP contribution in [0.4, 0.5) is 0 Å². The minimum atomic E-state index is 0.215. The standard InChI is InChI=1S/C13H22N4O/c1-3-17(12-5-6-12)13(18)9-14-11(2)10-16-8-4-7-15-16/h4,7-8,11-12,14H,3,5-6,9-10H2,1-2H3. The molecular formula is C13H22N4O. The summed E-state index contributed by atoms with van der Waals surface area (Å²) < 4.78 is 1.88. The molecule has 1 fully saturated rings. The van der Waals surface area contributed by atoms with Gasteiger partial charge >= 0.3 is 0 Å². The van der Waals surface area contributed by atoms with Crippen molar-refractivity contribution in [3.05, 3.63) is 18.5 Å². The number of likely N-dealkylation sites (N-methyl/N-ethyl adjacent to an activating group) is 1. The van der Waals surface area contributed by atoms with E-state index in [9.17, 15) is 4.79 Å².